The molecule has 1 amide bonds. The second-order valence-electron chi connectivity index (χ2n) is 6.50. The van der Waals surface area contributed by atoms with Gasteiger partial charge in [0.2, 0.25) is 5.91 Å². The van der Waals surface area contributed by atoms with E-state index in [4.69, 9.17) is 10.00 Å². The van der Waals surface area contributed by atoms with Gasteiger partial charge in [-0.05, 0) is 44.9 Å². The highest BCUT2D eigenvalue weighted by Crippen LogP contribution is 2.44. The van der Waals surface area contributed by atoms with Gasteiger partial charge in [-0.15, -0.1) is 0 Å². The van der Waals surface area contributed by atoms with Gasteiger partial charge < -0.3 is 14.7 Å². The first-order valence-electron chi connectivity index (χ1n) is 7.64. The molecule has 2 aliphatic heterocycles. The fraction of sp³-hybridized carbons (Fsp3) is 0.529. The van der Waals surface area contributed by atoms with E-state index in [0.717, 1.165) is 18.4 Å². The number of likely N-dealkylation sites (tertiary alicyclic amines) is 1. The van der Waals surface area contributed by atoms with Crippen LogP contribution in [0.3, 0.4) is 0 Å². The Kier molecular flexibility index (Phi) is 3.57. The summed E-state index contributed by atoms with van der Waals surface area (Å²) in [6.45, 7) is 4.27. The third-order valence-corrected chi connectivity index (χ3v) is 4.54. The maximum atomic E-state index is 12.3. The molecule has 5 heteroatoms. The minimum Gasteiger partial charge on any atom is -0.485 e. The van der Waals surface area contributed by atoms with Crippen molar-refractivity contribution in [1.29, 1.82) is 5.26 Å². The van der Waals surface area contributed by atoms with Crippen molar-refractivity contribution in [2.75, 3.05) is 6.54 Å². The molecule has 0 aromatic heterocycles. The second-order valence-corrected chi connectivity index (χ2v) is 6.50. The highest BCUT2D eigenvalue weighted by atomic mass is 16.5. The van der Waals surface area contributed by atoms with Crippen LogP contribution in [0.25, 0.3) is 0 Å². The van der Waals surface area contributed by atoms with E-state index in [-0.39, 0.29) is 5.91 Å². The molecule has 0 radical (unpaired) electrons. The van der Waals surface area contributed by atoms with Gasteiger partial charge in [-0.1, -0.05) is 0 Å². The summed E-state index contributed by atoms with van der Waals surface area (Å²) in [5, 5.41) is 19.9. The van der Waals surface area contributed by atoms with E-state index in [9.17, 15) is 9.90 Å². The number of rotatable bonds is 1. The predicted molar refractivity (Wildman–Crippen MR) is 80.2 cm³/mol. The fourth-order valence-corrected chi connectivity index (χ4v) is 3.30. The molecule has 0 bridgehead atoms. The minimum absolute atomic E-state index is 0.0568. The molecule has 2 atom stereocenters. The van der Waals surface area contributed by atoms with Gasteiger partial charge in [0.15, 0.2) is 0 Å². The first-order chi connectivity index (χ1) is 10.4. The molecular formula is C17H20N2O3. The van der Waals surface area contributed by atoms with Gasteiger partial charge in [0.1, 0.15) is 17.5 Å². The van der Waals surface area contributed by atoms with Crippen molar-refractivity contribution in [3.63, 3.8) is 0 Å². The Balaban J connectivity index is 2.10. The van der Waals surface area contributed by atoms with Crippen LogP contribution < -0.4 is 4.74 Å². The summed E-state index contributed by atoms with van der Waals surface area (Å²) >= 11 is 0. The summed E-state index contributed by atoms with van der Waals surface area (Å²) in [5.74, 6) is 0.694. The zero-order valence-corrected chi connectivity index (χ0v) is 12.9. The normalized spacial score (nSPS) is 26.8. The molecule has 5 nitrogen and oxygen atoms in total. The molecule has 22 heavy (non-hydrogen) atoms. The highest BCUT2D eigenvalue weighted by molar-refractivity contribution is 5.77. The van der Waals surface area contributed by atoms with Crippen molar-refractivity contribution in [2.45, 2.75) is 50.9 Å². The van der Waals surface area contributed by atoms with E-state index in [1.54, 1.807) is 23.1 Å². The summed E-state index contributed by atoms with van der Waals surface area (Å²) in [7, 11) is 0. The summed E-state index contributed by atoms with van der Waals surface area (Å²) in [6, 6.07) is 6.82. The fourth-order valence-electron chi connectivity index (χ4n) is 3.30. The lowest BCUT2D eigenvalue weighted by Gasteiger charge is -2.47. The number of amides is 1. The Bertz CT molecular complexity index is 648. The van der Waals surface area contributed by atoms with Gasteiger partial charge in [-0.25, -0.2) is 0 Å². The number of fused-ring (bicyclic) bond motifs is 1. The van der Waals surface area contributed by atoms with Crippen molar-refractivity contribution < 1.29 is 14.6 Å². The third-order valence-electron chi connectivity index (χ3n) is 4.54. The predicted octanol–water partition coefficient (Wildman–Crippen LogP) is 2.14. The molecule has 1 N–H and O–H groups in total. The first kappa shape index (κ1) is 14.9. The van der Waals surface area contributed by atoms with Gasteiger partial charge in [0, 0.05) is 18.5 Å². The molecule has 2 aliphatic rings. The van der Waals surface area contributed by atoms with Crippen LogP contribution >= 0.6 is 0 Å². The topological polar surface area (TPSA) is 73.6 Å². The Morgan fingerprint density at radius 3 is 2.86 bits per heavy atom. The van der Waals surface area contributed by atoms with Crippen LogP contribution in [0.5, 0.6) is 5.75 Å². The lowest BCUT2D eigenvalue weighted by molar-refractivity contribution is -0.147. The number of carbonyl (C=O) groups is 1. The summed E-state index contributed by atoms with van der Waals surface area (Å²) < 4.78 is 5.89. The number of aliphatic hydroxyl groups excluding tert-OH is 1. The van der Waals surface area contributed by atoms with E-state index in [0.29, 0.717) is 24.3 Å². The zero-order chi connectivity index (χ0) is 15.9. The van der Waals surface area contributed by atoms with Crippen molar-refractivity contribution >= 4 is 5.91 Å². The molecule has 3 rings (SSSR count). The maximum absolute atomic E-state index is 12.3. The molecule has 0 spiro atoms. The van der Waals surface area contributed by atoms with Crippen LogP contribution in [0.15, 0.2) is 18.2 Å². The number of hydrogen-bond acceptors (Lipinski definition) is 4. The standard InChI is InChI=1S/C17H20N2O3/c1-17(2)16(21)15(19-8-4-3-5-14(19)20)12-9-11(10-18)6-7-13(12)22-17/h6-7,9,15-16,21H,3-5,8H2,1-2H3/t15-,16+/m0/s1. The van der Waals surface area contributed by atoms with Gasteiger partial charge in [0.25, 0.3) is 0 Å². The molecule has 1 aromatic rings. The highest BCUT2D eigenvalue weighted by Gasteiger charge is 2.47. The Labute approximate surface area is 130 Å². The lowest BCUT2D eigenvalue weighted by atomic mass is 9.84. The number of hydrogen-bond donors (Lipinski definition) is 1. The molecule has 116 valence electrons. The summed E-state index contributed by atoms with van der Waals surface area (Å²) in [6.07, 6.45) is 1.50. The van der Waals surface area contributed by atoms with Gasteiger partial charge in [-0.2, -0.15) is 5.26 Å². The van der Waals surface area contributed by atoms with Crippen LogP contribution in [0, 0.1) is 11.3 Å². The number of aliphatic hydroxyl groups is 1. The molecule has 1 fully saturated rings. The summed E-state index contributed by atoms with van der Waals surface area (Å²) in [4.78, 5) is 14.1. The van der Waals surface area contributed by atoms with Gasteiger partial charge >= 0.3 is 0 Å². The molecule has 0 aliphatic carbocycles. The third kappa shape index (κ3) is 2.34. The molecule has 0 saturated carbocycles. The Morgan fingerprint density at radius 2 is 2.18 bits per heavy atom. The monoisotopic (exact) mass is 300 g/mol. The number of nitrogens with zero attached hydrogens (tertiary/aromatic N) is 2. The van der Waals surface area contributed by atoms with Crippen molar-refractivity contribution in [3.05, 3.63) is 29.3 Å². The first-order valence-corrected chi connectivity index (χ1v) is 7.64. The van der Waals surface area contributed by atoms with Crippen LogP contribution in [0.1, 0.15) is 50.3 Å². The molecule has 1 aromatic carbocycles. The largest absolute Gasteiger partial charge is 0.485 e. The van der Waals surface area contributed by atoms with Crippen LogP contribution in [0.2, 0.25) is 0 Å². The molecule has 0 unspecified atom stereocenters. The van der Waals surface area contributed by atoms with Crippen molar-refractivity contribution in [1.82, 2.24) is 4.90 Å². The molecule has 1 saturated heterocycles. The Hall–Kier alpha value is -2.06. The minimum atomic E-state index is -0.837. The number of carbonyl (C=O) groups excluding carboxylic acids is 1. The Morgan fingerprint density at radius 1 is 1.41 bits per heavy atom. The number of nitriles is 1. The van der Waals surface area contributed by atoms with Crippen LogP contribution in [-0.4, -0.2) is 34.2 Å². The van der Waals surface area contributed by atoms with Crippen LogP contribution in [0.4, 0.5) is 0 Å². The number of piperidine rings is 1. The van der Waals surface area contributed by atoms with Gasteiger partial charge in [-0.3, -0.25) is 4.79 Å². The van der Waals surface area contributed by atoms with E-state index in [1.807, 2.05) is 13.8 Å². The quantitative estimate of drug-likeness (QED) is 0.862. The van der Waals surface area contributed by atoms with Gasteiger partial charge in [0.05, 0.1) is 17.7 Å². The van der Waals surface area contributed by atoms with E-state index in [1.165, 1.54) is 0 Å². The molecular weight excluding hydrogens is 280 g/mol. The SMILES string of the molecule is CC1(C)Oc2ccc(C#N)cc2[C@H](N2CCCCC2=O)[C@H]1O. The number of ether oxygens (including phenoxy) is 1. The van der Waals surface area contributed by atoms with Crippen molar-refractivity contribution in [3.8, 4) is 11.8 Å². The zero-order valence-electron chi connectivity index (χ0n) is 12.9. The average Bonchev–Trinajstić information content (AvgIpc) is 2.49. The van der Waals surface area contributed by atoms with E-state index >= 15 is 0 Å². The summed E-state index contributed by atoms with van der Waals surface area (Å²) in [5.41, 5.74) is 0.439. The van der Waals surface area contributed by atoms with E-state index in [2.05, 4.69) is 6.07 Å². The maximum Gasteiger partial charge on any atom is 0.223 e. The van der Waals surface area contributed by atoms with Crippen molar-refractivity contribution in [2.24, 2.45) is 0 Å². The van der Waals surface area contributed by atoms with E-state index < -0.39 is 17.7 Å². The second kappa shape index (κ2) is 5.29. The van der Waals surface area contributed by atoms with Crippen LogP contribution in [-0.2, 0) is 4.79 Å². The molecule has 2 heterocycles. The average molecular weight is 300 g/mol. The number of benzene rings is 1. The smallest absolute Gasteiger partial charge is 0.223 e. The lowest BCUT2D eigenvalue weighted by Crippen LogP contribution is -2.55.